The molecule has 0 bridgehead atoms. The van der Waals surface area contributed by atoms with Gasteiger partial charge in [0.05, 0.1) is 5.25 Å². The second-order valence-electron chi connectivity index (χ2n) is 4.81. The maximum absolute atomic E-state index is 12.4. The molecule has 0 saturated heterocycles. The molecular weight excluding hydrogens is 294 g/mol. The van der Waals surface area contributed by atoms with Crippen LogP contribution in [0.2, 0.25) is 0 Å². The second kappa shape index (κ2) is 6.58. The lowest BCUT2D eigenvalue weighted by Crippen LogP contribution is -2.22. The number of amides is 1. The molecule has 0 saturated carbocycles. The van der Waals surface area contributed by atoms with Crippen molar-refractivity contribution in [1.82, 2.24) is 9.97 Å². The molecule has 1 N–H and O–H groups in total. The summed E-state index contributed by atoms with van der Waals surface area (Å²) in [6.45, 7) is 1.85. The Bertz CT molecular complexity index is 787. The first-order chi connectivity index (χ1) is 10.7. The summed E-state index contributed by atoms with van der Waals surface area (Å²) in [6, 6.07) is 15.6. The van der Waals surface area contributed by atoms with Gasteiger partial charge in [0.25, 0.3) is 0 Å². The third-order valence-electron chi connectivity index (χ3n) is 3.24. The molecule has 1 amide bonds. The molecular formula is C17H15N3OS. The molecule has 0 aliphatic rings. The molecule has 1 unspecified atom stereocenters. The standard InChI is InChI=1S/C17H15N3OS/c1-12(22-17-18-10-5-11-19-17)16(21)20-15-9-4-7-13-6-2-3-8-14(13)15/h2-12H,1H3,(H,20,21). The summed E-state index contributed by atoms with van der Waals surface area (Å²) in [5.41, 5.74) is 0.824. The van der Waals surface area contributed by atoms with Gasteiger partial charge in [-0.2, -0.15) is 0 Å². The first kappa shape index (κ1) is 14.5. The van der Waals surface area contributed by atoms with Gasteiger partial charge in [-0.1, -0.05) is 48.2 Å². The fourth-order valence-corrected chi connectivity index (χ4v) is 2.85. The Labute approximate surface area is 133 Å². The van der Waals surface area contributed by atoms with E-state index in [1.165, 1.54) is 11.8 Å². The molecule has 0 aliphatic heterocycles. The van der Waals surface area contributed by atoms with Gasteiger partial charge < -0.3 is 5.32 Å². The number of thioether (sulfide) groups is 1. The van der Waals surface area contributed by atoms with Gasteiger partial charge in [0.1, 0.15) is 0 Å². The summed E-state index contributed by atoms with van der Waals surface area (Å²) in [6.07, 6.45) is 3.34. The van der Waals surface area contributed by atoms with Crippen LogP contribution in [0.15, 0.2) is 66.1 Å². The van der Waals surface area contributed by atoms with E-state index in [0.717, 1.165) is 16.5 Å². The highest BCUT2D eigenvalue weighted by Crippen LogP contribution is 2.25. The maximum Gasteiger partial charge on any atom is 0.237 e. The van der Waals surface area contributed by atoms with E-state index in [9.17, 15) is 4.79 Å². The number of anilines is 1. The Morgan fingerprint density at radius 2 is 1.77 bits per heavy atom. The highest BCUT2D eigenvalue weighted by atomic mass is 32.2. The van der Waals surface area contributed by atoms with Crippen LogP contribution in [0.5, 0.6) is 0 Å². The van der Waals surface area contributed by atoms with Crippen molar-refractivity contribution in [2.75, 3.05) is 5.32 Å². The van der Waals surface area contributed by atoms with E-state index in [-0.39, 0.29) is 11.2 Å². The van der Waals surface area contributed by atoms with Gasteiger partial charge in [0.15, 0.2) is 5.16 Å². The zero-order valence-electron chi connectivity index (χ0n) is 12.1. The van der Waals surface area contributed by atoms with Crippen molar-refractivity contribution in [3.63, 3.8) is 0 Å². The molecule has 2 aromatic carbocycles. The van der Waals surface area contributed by atoms with Crippen molar-refractivity contribution in [3.8, 4) is 0 Å². The minimum absolute atomic E-state index is 0.0613. The van der Waals surface area contributed by atoms with Crippen molar-refractivity contribution in [3.05, 3.63) is 60.9 Å². The lowest BCUT2D eigenvalue weighted by atomic mass is 10.1. The summed E-state index contributed by atoms with van der Waals surface area (Å²) in [5.74, 6) is -0.0613. The Morgan fingerprint density at radius 1 is 1.05 bits per heavy atom. The van der Waals surface area contributed by atoms with Crippen molar-refractivity contribution in [2.45, 2.75) is 17.3 Å². The van der Waals surface area contributed by atoms with Crippen molar-refractivity contribution in [1.29, 1.82) is 0 Å². The largest absolute Gasteiger partial charge is 0.325 e. The van der Waals surface area contributed by atoms with Crippen LogP contribution in [0.3, 0.4) is 0 Å². The SMILES string of the molecule is CC(Sc1ncccn1)C(=O)Nc1cccc2ccccc12. The van der Waals surface area contributed by atoms with Crippen molar-refractivity contribution in [2.24, 2.45) is 0 Å². The topological polar surface area (TPSA) is 54.9 Å². The summed E-state index contributed by atoms with van der Waals surface area (Å²) in [7, 11) is 0. The maximum atomic E-state index is 12.4. The quantitative estimate of drug-likeness (QED) is 0.589. The number of hydrogen-bond donors (Lipinski definition) is 1. The lowest BCUT2D eigenvalue weighted by molar-refractivity contribution is -0.115. The molecule has 5 heteroatoms. The molecule has 0 radical (unpaired) electrons. The van der Waals surface area contributed by atoms with Crippen molar-refractivity contribution >= 4 is 34.1 Å². The van der Waals surface area contributed by atoms with E-state index in [4.69, 9.17) is 0 Å². The third kappa shape index (κ3) is 3.26. The summed E-state index contributed by atoms with van der Waals surface area (Å²) in [5, 5.41) is 5.45. The number of rotatable bonds is 4. The molecule has 4 nitrogen and oxygen atoms in total. The zero-order valence-corrected chi connectivity index (χ0v) is 12.9. The number of hydrogen-bond acceptors (Lipinski definition) is 4. The van der Waals surface area contributed by atoms with Gasteiger partial charge in [0, 0.05) is 23.5 Å². The number of benzene rings is 2. The number of carbonyl (C=O) groups excluding carboxylic acids is 1. The summed E-state index contributed by atoms with van der Waals surface area (Å²) >= 11 is 1.34. The van der Waals surface area contributed by atoms with Gasteiger partial charge >= 0.3 is 0 Å². The number of fused-ring (bicyclic) bond motifs is 1. The van der Waals surface area contributed by atoms with Crippen LogP contribution in [-0.2, 0) is 4.79 Å². The van der Waals surface area contributed by atoms with Crippen LogP contribution in [-0.4, -0.2) is 21.1 Å². The highest BCUT2D eigenvalue weighted by Gasteiger charge is 2.16. The molecule has 110 valence electrons. The average Bonchev–Trinajstić information content (AvgIpc) is 2.56. The lowest BCUT2D eigenvalue weighted by Gasteiger charge is -2.12. The minimum Gasteiger partial charge on any atom is -0.325 e. The van der Waals surface area contributed by atoms with E-state index >= 15 is 0 Å². The Balaban J connectivity index is 1.75. The van der Waals surface area contributed by atoms with Crippen molar-refractivity contribution < 1.29 is 4.79 Å². The first-order valence-electron chi connectivity index (χ1n) is 6.96. The predicted octanol–water partition coefficient (Wildman–Crippen LogP) is 3.75. The van der Waals surface area contributed by atoms with Crippen LogP contribution in [0.25, 0.3) is 10.8 Å². The molecule has 0 aliphatic carbocycles. The van der Waals surface area contributed by atoms with Gasteiger partial charge in [-0.05, 0) is 24.4 Å². The Morgan fingerprint density at radius 3 is 2.59 bits per heavy atom. The molecule has 3 rings (SSSR count). The normalized spacial score (nSPS) is 12.0. The summed E-state index contributed by atoms with van der Waals surface area (Å²) in [4.78, 5) is 20.6. The first-order valence-corrected chi connectivity index (χ1v) is 7.84. The predicted molar refractivity (Wildman–Crippen MR) is 89.9 cm³/mol. The highest BCUT2D eigenvalue weighted by molar-refractivity contribution is 8.00. The minimum atomic E-state index is -0.277. The van der Waals surface area contributed by atoms with Crippen LogP contribution >= 0.6 is 11.8 Å². The van der Waals surface area contributed by atoms with Gasteiger partial charge in [-0.25, -0.2) is 9.97 Å². The average molecular weight is 309 g/mol. The smallest absolute Gasteiger partial charge is 0.237 e. The van der Waals surface area contributed by atoms with Crippen LogP contribution in [0, 0.1) is 0 Å². The number of carbonyl (C=O) groups is 1. The molecule has 1 heterocycles. The van der Waals surface area contributed by atoms with E-state index in [0.29, 0.717) is 5.16 Å². The summed E-state index contributed by atoms with van der Waals surface area (Å²) < 4.78 is 0. The third-order valence-corrected chi connectivity index (χ3v) is 4.23. The zero-order chi connectivity index (χ0) is 15.4. The van der Waals surface area contributed by atoms with Crippen LogP contribution in [0.4, 0.5) is 5.69 Å². The van der Waals surface area contributed by atoms with Crippen LogP contribution in [0.1, 0.15) is 6.92 Å². The molecule has 0 fully saturated rings. The Hall–Kier alpha value is -2.40. The Kier molecular flexibility index (Phi) is 4.34. The van der Waals surface area contributed by atoms with Gasteiger partial charge in [0.2, 0.25) is 5.91 Å². The molecule has 22 heavy (non-hydrogen) atoms. The number of nitrogens with zero attached hydrogens (tertiary/aromatic N) is 2. The van der Waals surface area contributed by atoms with E-state index in [1.807, 2.05) is 49.4 Å². The van der Waals surface area contributed by atoms with Crippen LogP contribution < -0.4 is 5.32 Å². The van der Waals surface area contributed by atoms with E-state index in [2.05, 4.69) is 15.3 Å². The molecule has 3 aromatic rings. The number of nitrogens with one attached hydrogen (secondary N) is 1. The van der Waals surface area contributed by atoms with E-state index < -0.39 is 0 Å². The van der Waals surface area contributed by atoms with Gasteiger partial charge in [-0.15, -0.1) is 0 Å². The van der Waals surface area contributed by atoms with Gasteiger partial charge in [-0.3, -0.25) is 4.79 Å². The monoisotopic (exact) mass is 309 g/mol. The fraction of sp³-hybridized carbons (Fsp3) is 0.118. The molecule has 1 aromatic heterocycles. The van der Waals surface area contributed by atoms with E-state index in [1.54, 1.807) is 18.5 Å². The molecule has 0 spiro atoms. The second-order valence-corrected chi connectivity index (χ2v) is 6.12. The molecule has 1 atom stereocenters. The fourth-order valence-electron chi connectivity index (χ4n) is 2.13. The number of aromatic nitrogens is 2.